The van der Waals surface area contributed by atoms with Crippen molar-refractivity contribution in [3.8, 4) is 11.3 Å². The van der Waals surface area contributed by atoms with Gasteiger partial charge in [0, 0.05) is 31.5 Å². The molecule has 2 atom stereocenters. The number of nitrogens with one attached hydrogen (secondary N) is 1. The number of hydrogen-bond donors (Lipinski definition) is 1. The van der Waals surface area contributed by atoms with E-state index in [1.807, 2.05) is 13.0 Å². The molecule has 2 aromatic heterocycles. The molecule has 2 aromatic rings. The van der Waals surface area contributed by atoms with Gasteiger partial charge in [-0.2, -0.15) is 0 Å². The topological polar surface area (TPSA) is 84.4 Å². The lowest BCUT2D eigenvalue weighted by Crippen LogP contribution is -2.45. The molecule has 0 unspecified atom stereocenters. The van der Waals surface area contributed by atoms with Gasteiger partial charge in [-0.15, -0.1) is 0 Å². The van der Waals surface area contributed by atoms with Gasteiger partial charge < -0.3 is 15.0 Å². The molecule has 1 saturated heterocycles. The van der Waals surface area contributed by atoms with E-state index in [1.54, 1.807) is 30.3 Å². The van der Waals surface area contributed by atoms with Gasteiger partial charge in [0.25, 0.3) is 5.91 Å². The van der Waals surface area contributed by atoms with Crippen molar-refractivity contribution >= 4 is 23.4 Å². The van der Waals surface area contributed by atoms with E-state index in [0.717, 1.165) is 5.56 Å². The molecule has 0 spiro atoms. The quantitative estimate of drug-likeness (QED) is 0.630. The van der Waals surface area contributed by atoms with Crippen LogP contribution in [-0.2, 0) is 9.53 Å². The molecule has 1 aliphatic rings. The van der Waals surface area contributed by atoms with Crippen LogP contribution in [-0.4, -0.2) is 52.9 Å². The number of nitrogens with zero attached hydrogens (tertiary/aromatic N) is 3. The van der Waals surface area contributed by atoms with Crippen molar-refractivity contribution in [2.45, 2.75) is 19.1 Å². The lowest BCUT2D eigenvalue weighted by atomic mass is 10.0. The average molecular weight is 401 g/mol. The van der Waals surface area contributed by atoms with Gasteiger partial charge in [-0.25, -0.2) is 4.98 Å². The fourth-order valence-corrected chi connectivity index (χ4v) is 3.36. The van der Waals surface area contributed by atoms with E-state index in [4.69, 9.17) is 16.3 Å². The second kappa shape index (κ2) is 8.50. The first-order valence-electron chi connectivity index (χ1n) is 8.83. The maximum Gasteiger partial charge on any atom is 0.252 e. The molecule has 1 aliphatic heterocycles. The number of pyridine rings is 2. The van der Waals surface area contributed by atoms with Gasteiger partial charge in [-0.05, 0) is 36.8 Å². The number of aromatic nitrogens is 2. The summed E-state index contributed by atoms with van der Waals surface area (Å²) >= 11 is 6.25. The highest BCUT2D eigenvalue weighted by atomic mass is 35.5. The molecule has 146 valence electrons. The number of hydrogen-bond acceptors (Lipinski definition) is 5. The Balaban J connectivity index is 1.94. The normalized spacial score (nSPS) is 19.2. The third-order valence-electron chi connectivity index (χ3n) is 4.46. The van der Waals surface area contributed by atoms with E-state index < -0.39 is 0 Å². The molecule has 28 heavy (non-hydrogen) atoms. The minimum absolute atomic E-state index is 0.128. The number of morpholine rings is 1. The van der Waals surface area contributed by atoms with E-state index in [1.165, 1.54) is 12.3 Å². The Morgan fingerprint density at radius 3 is 2.82 bits per heavy atom. The summed E-state index contributed by atoms with van der Waals surface area (Å²) in [5.41, 5.74) is 2.46. The molecule has 0 aromatic carbocycles. The molecule has 3 heterocycles. The number of carbonyl (C=O) groups excluding carboxylic acids is 2. The average Bonchev–Trinajstić information content (AvgIpc) is 2.71. The zero-order chi connectivity index (χ0) is 20.3. The predicted octanol–water partition coefficient (Wildman–Crippen LogP) is 2.63. The van der Waals surface area contributed by atoms with Gasteiger partial charge >= 0.3 is 0 Å². The monoisotopic (exact) mass is 400 g/mol. The molecule has 0 saturated carbocycles. The van der Waals surface area contributed by atoms with Crippen LogP contribution in [0.25, 0.3) is 11.3 Å². The van der Waals surface area contributed by atoms with Gasteiger partial charge in [0.15, 0.2) is 0 Å². The molecular formula is C20H21ClN4O3. The summed E-state index contributed by atoms with van der Waals surface area (Å²) < 4.78 is 6.03. The van der Waals surface area contributed by atoms with Crippen molar-refractivity contribution in [3.05, 3.63) is 59.5 Å². The second-order valence-corrected chi connectivity index (χ2v) is 6.92. The molecule has 0 radical (unpaired) electrons. The molecular weight excluding hydrogens is 380 g/mol. The van der Waals surface area contributed by atoms with Crippen molar-refractivity contribution in [1.29, 1.82) is 0 Å². The van der Waals surface area contributed by atoms with Crippen molar-refractivity contribution < 1.29 is 14.3 Å². The molecule has 0 aliphatic carbocycles. The number of ether oxygens (including phenoxy) is 1. The Kier molecular flexibility index (Phi) is 6.06. The van der Waals surface area contributed by atoms with Crippen LogP contribution < -0.4 is 5.32 Å². The third kappa shape index (κ3) is 4.37. The summed E-state index contributed by atoms with van der Waals surface area (Å²) in [5, 5.41) is 2.86. The lowest BCUT2D eigenvalue weighted by molar-refractivity contribution is -0.139. The van der Waals surface area contributed by atoms with Crippen LogP contribution in [0.1, 0.15) is 28.9 Å². The first-order chi connectivity index (χ1) is 13.4. The van der Waals surface area contributed by atoms with Gasteiger partial charge in [0.1, 0.15) is 11.3 Å². The Labute approximate surface area is 168 Å². The number of halogens is 1. The van der Waals surface area contributed by atoms with Crippen molar-refractivity contribution in [2.75, 3.05) is 20.1 Å². The Morgan fingerprint density at radius 2 is 2.11 bits per heavy atom. The maximum absolute atomic E-state index is 12.0. The second-order valence-electron chi connectivity index (χ2n) is 6.53. The molecule has 1 N–H and O–H groups in total. The van der Waals surface area contributed by atoms with Crippen molar-refractivity contribution in [2.24, 2.45) is 0 Å². The largest absolute Gasteiger partial charge is 0.367 e. The predicted molar refractivity (Wildman–Crippen MR) is 106 cm³/mol. The summed E-state index contributed by atoms with van der Waals surface area (Å²) in [4.78, 5) is 34.1. The number of amides is 2. The summed E-state index contributed by atoms with van der Waals surface area (Å²) in [7, 11) is 1.56. The first kappa shape index (κ1) is 20.0. The zero-order valence-electron chi connectivity index (χ0n) is 15.7. The van der Waals surface area contributed by atoms with E-state index >= 15 is 0 Å². The Bertz CT molecular complexity index is 918. The summed E-state index contributed by atoms with van der Waals surface area (Å²) in [6, 6.07) is 5.27. The van der Waals surface area contributed by atoms with Crippen LogP contribution in [0.4, 0.5) is 0 Å². The van der Waals surface area contributed by atoms with Gasteiger partial charge in [-0.1, -0.05) is 18.2 Å². The Hall–Kier alpha value is -2.77. The third-order valence-corrected chi connectivity index (χ3v) is 4.65. The van der Waals surface area contributed by atoms with Gasteiger partial charge in [-0.3, -0.25) is 14.6 Å². The molecule has 1 fully saturated rings. The first-order valence-corrected chi connectivity index (χ1v) is 9.21. The fourth-order valence-electron chi connectivity index (χ4n) is 3.14. The summed E-state index contributed by atoms with van der Waals surface area (Å²) in [6.07, 6.45) is 3.93. The van der Waals surface area contributed by atoms with Gasteiger partial charge in [0.05, 0.1) is 23.9 Å². The standard InChI is InChI=1S/C20H21ClN4O3/c1-4-19(26)25-10-12(2)28-17(11-25)13-6-16(24-18(21)7-13)14-5-15(9-23-8-14)20(27)22-3/h4-9,12,17H,1,10-11H2,2-3H3,(H,22,27)/t12-,17+/m0/s1. The summed E-state index contributed by atoms with van der Waals surface area (Å²) in [6.45, 7) is 6.37. The van der Waals surface area contributed by atoms with Crippen LogP contribution in [0, 0.1) is 0 Å². The highest BCUT2D eigenvalue weighted by Gasteiger charge is 2.29. The highest BCUT2D eigenvalue weighted by Crippen LogP contribution is 2.30. The zero-order valence-corrected chi connectivity index (χ0v) is 16.4. The van der Waals surface area contributed by atoms with Crippen molar-refractivity contribution in [1.82, 2.24) is 20.2 Å². The highest BCUT2D eigenvalue weighted by molar-refractivity contribution is 6.29. The summed E-state index contributed by atoms with van der Waals surface area (Å²) in [5.74, 6) is -0.373. The Morgan fingerprint density at radius 1 is 1.32 bits per heavy atom. The van der Waals surface area contributed by atoms with E-state index in [0.29, 0.717) is 35.1 Å². The van der Waals surface area contributed by atoms with Crippen LogP contribution >= 0.6 is 11.6 Å². The number of carbonyl (C=O) groups is 2. The van der Waals surface area contributed by atoms with Gasteiger partial charge in [0.2, 0.25) is 5.91 Å². The minimum atomic E-state index is -0.345. The SMILES string of the molecule is C=CC(=O)N1C[C@H](C)O[C@@H](c2cc(Cl)nc(-c3cncc(C(=O)NC)c3)c2)C1. The maximum atomic E-state index is 12.0. The van der Waals surface area contributed by atoms with E-state index in [2.05, 4.69) is 21.9 Å². The molecule has 0 bridgehead atoms. The molecule has 7 nitrogen and oxygen atoms in total. The molecule has 2 amide bonds. The van der Waals surface area contributed by atoms with E-state index in [9.17, 15) is 9.59 Å². The van der Waals surface area contributed by atoms with Crippen LogP contribution in [0.3, 0.4) is 0 Å². The van der Waals surface area contributed by atoms with Crippen LogP contribution in [0.15, 0.2) is 43.2 Å². The smallest absolute Gasteiger partial charge is 0.252 e. The number of rotatable bonds is 4. The van der Waals surface area contributed by atoms with Crippen LogP contribution in [0.5, 0.6) is 0 Å². The van der Waals surface area contributed by atoms with Crippen molar-refractivity contribution in [3.63, 3.8) is 0 Å². The fraction of sp³-hybridized carbons (Fsp3) is 0.300. The molecule has 8 heteroatoms. The van der Waals surface area contributed by atoms with Crippen LogP contribution in [0.2, 0.25) is 5.15 Å². The molecule has 3 rings (SSSR count). The van der Waals surface area contributed by atoms with E-state index in [-0.39, 0.29) is 24.0 Å². The minimum Gasteiger partial charge on any atom is -0.367 e. The lowest BCUT2D eigenvalue weighted by Gasteiger charge is -2.36.